The Morgan fingerprint density at radius 1 is 1.07 bits per heavy atom. The second-order valence-corrected chi connectivity index (χ2v) is 8.20. The van der Waals surface area contributed by atoms with Crippen molar-refractivity contribution in [3.05, 3.63) is 53.7 Å². The van der Waals surface area contributed by atoms with Crippen LogP contribution in [-0.4, -0.2) is 57.7 Å². The number of thiophene rings is 1. The van der Waals surface area contributed by atoms with Crippen molar-refractivity contribution >= 4 is 28.1 Å². The zero-order valence-corrected chi connectivity index (χ0v) is 17.2. The van der Waals surface area contributed by atoms with Gasteiger partial charge in [0.1, 0.15) is 18.0 Å². The third kappa shape index (κ3) is 3.90. The highest BCUT2D eigenvalue weighted by Gasteiger charge is 2.21. The molecule has 1 aliphatic heterocycles. The van der Waals surface area contributed by atoms with Crippen molar-refractivity contribution in [2.75, 3.05) is 37.6 Å². The van der Waals surface area contributed by atoms with E-state index in [2.05, 4.69) is 29.9 Å². The highest BCUT2D eigenvalue weighted by Crippen LogP contribution is 2.26. The lowest BCUT2D eigenvalue weighted by Gasteiger charge is -2.35. The molecular formula is C21H21FN6OS. The molecule has 4 aromatic rings. The Bertz CT molecular complexity index is 1120. The van der Waals surface area contributed by atoms with Gasteiger partial charge in [-0.05, 0) is 36.5 Å². The van der Waals surface area contributed by atoms with Gasteiger partial charge in [-0.1, -0.05) is 17.3 Å². The van der Waals surface area contributed by atoms with Crippen molar-refractivity contribution in [2.45, 2.75) is 12.8 Å². The minimum atomic E-state index is -0.271. The maximum Gasteiger partial charge on any atom is 0.227 e. The van der Waals surface area contributed by atoms with Crippen LogP contribution in [0, 0.1) is 5.82 Å². The van der Waals surface area contributed by atoms with Crippen molar-refractivity contribution in [1.29, 1.82) is 0 Å². The number of hydrogen-bond acceptors (Lipinski definition) is 8. The molecule has 0 N–H and O–H groups in total. The first-order valence-electron chi connectivity index (χ1n) is 10.0. The van der Waals surface area contributed by atoms with E-state index >= 15 is 0 Å². The number of hydrogen-bond donors (Lipinski definition) is 0. The molecule has 0 spiro atoms. The second kappa shape index (κ2) is 8.45. The van der Waals surface area contributed by atoms with Gasteiger partial charge in [0.15, 0.2) is 0 Å². The van der Waals surface area contributed by atoms with Crippen molar-refractivity contribution in [3.63, 3.8) is 0 Å². The van der Waals surface area contributed by atoms with Gasteiger partial charge in [-0.15, -0.1) is 11.3 Å². The van der Waals surface area contributed by atoms with E-state index in [1.807, 2.05) is 23.6 Å². The van der Waals surface area contributed by atoms with Crippen LogP contribution < -0.4 is 4.90 Å². The first kappa shape index (κ1) is 19.1. The minimum Gasteiger partial charge on any atom is -0.353 e. The Labute approximate surface area is 177 Å². The molecule has 0 saturated carbocycles. The predicted octanol–water partition coefficient (Wildman–Crippen LogP) is 3.64. The fraction of sp³-hybridized carbons (Fsp3) is 0.333. The van der Waals surface area contributed by atoms with Crippen LogP contribution in [0.1, 0.15) is 12.3 Å². The summed E-state index contributed by atoms with van der Waals surface area (Å²) in [6.45, 7) is 4.39. The fourth-order valence-electron chi connectivity index (χ4n) is 3.79. The molecular weight excluding hydrogens is 403 g/mol. The van der Waals surface area contributed by atoms with Gasteiger partial charge >= 0.3 is 0 Å². The Hall–Kier alpha value is -2.91. The number of piperazine rings is 1. The standard InChI is InChI=1S/C21H21FN6OS/c22-15-4-1-5-16-19(15)21(24-14-23-16)28-11-9-27(10-12-28)8-2-7-18-25-20(26-29-18)17-6-3-13-30-17/h1,3-6,13-14H,2,7-12H2. The largest absolute Gasteiger partial charge is 0.353 e. The lowest BCUT2D eigenvalue weighted by molar-refractivity contribution is 0.250. The van der Waals surface area contributed by atoms with E-state index in [1.54, 1.807) is 17.4 Å². The average Bonchev–Trinajstić information content (AvgIpc) is 3.46. The lowest BCUT2D eigenvalue weighted by Crippen LogP contribution is -2.47. The first-order chi connectivity index (χ1) is 14.8. The number of nitrogens with zero attached hydrogens (tertiary/aromatic N) is 6. The molecule has 5 rings (SSSR count). The van der Waals surface area contributed by atoms with Crippen LogP contribution >= 0.6 is 11.3 Å². The number of rotatable bonds is 6. The van der Waals surface area contributed by atoms with Gasteiger partial charge in [-0.3, -0.25) is 4.90 Å². The molecule has 0 atom stereocenters. The molecule has 0 amide bonds. The van der Waals surface area contributed by atoms with Crippen LogP contribution in [0.25, 0.3) is 21.6 Å². The molecule has 1 aliphatic rings. The quantitative estimate of drug-likeness (QED) is 0.468. The maximum absolute atomic E-state index is 14.4. The summed E-state index contributed by atoms with van der Waals surface area (Å²) >= 11 is 1.61. The maximum atomic E-state index is 14.4. The van der Waals surface area contributed by atoms with Crippen molar-refractivity contribution in [1.82, 2.24) is 25.0 Å². The third-order valence-corrected chi connectivity index (χ3v) is 6.20. The van der Waals surface area contributed by atoms with Crippen LogP contribution in [0.15, 0.2) is 46.6 Å². The van der Waals surface area contributed by atoms with Crippen LogP contribution in [0.2, 0.25) is 0 Å². The number of aryl methyl sites for hydroxylation is 1. The molecule has 0 radical (unpaired) electrons. The summed E-state index contributed by atoms with van der Waals surface area (Å²) in [5.74, 6) is 1.76. The summed E-state index contributed by atoms with van der Waals surface area (Å²) in [4.78, 5) is 18.6. The van der Waals surface area contributed by atoms with Gasteiger partial charge < -0.3 is 9.42 Å². The summed E-state index contributed by atoms with van der Waals surface area (Å²) in [7, 11) is 0. The molecule has 1 fully saturated rings. The van der Waals surface area contributed by atoms with E-state index in [4.69, 9.17) is 4.52 Å². The number of benzene rings is 1. The summed E-state index contributed by atoms with van der Waals surface area (Å²) in [6, 6.07) is 8.94. The molecule has 154 valence electrons. The Morgan fingerprint density at radius 2 is 1.97 bits per heavy atom. The Morgan fingerprint density at radius 3 is 2.80 bits per heavy atom. The van der Waals surface area contributed by atoms with Crippen LogP contribution in [0.3, 0.4) is 0 Å². The Balaban J connectivity index is 1.15. The monoisotopic (exact) mass is 424 g/mol. The van der Waals surface area contributed by atoms with Gasteiger partial charge in [0.2, 0.25) is 11.7 Å². The van der Waals surface area contributed by atoms with Crippen molar-refractivity contribution < 1.29 is 8.91 Å². The van der Waals surface area contributed by atoms with Gasteiger partial charge in [0.05, 0.1) is 15.8 Å². The van der Waals surface area contributed by atoms with Crippen molar-refractivity contribution in [3.8, 4) is 10.7 Å². The summed E-state index contributed by atoms with van der Waals surface area (Å²) in [6.07, 6.45) is 3.23. The second-order valence-electron chi connectivity index (χ2n) is 7.25. The van der Waals surface area contributed by atoms with E-state index in [-0.39, 0.29) is 5.82 Å². The van der Waals surface area contributed by atoms with Gasteiger partial charge in [-0.25, -0.2) is 14.4 Å². The third-order valence-electron chi connectivity index (χ3n) is 5.34. The normalized spacial score (nSPS) is 15.2. The van der Waals surface area contributed by atoms with Gasteiger partial charge in [-0.2, -0.15) is 4.98 Å². The van der Waals surface area contributed by atoms with E-state index in [1.165, 1.54) is 12.4 Å². The SMILES string of the molecule is Fc1cccc2ncnc(N3CCN(CCCc4nc(-c5cccs5)no4)CC3)c12. The molecule has 7 nitrogen and oxygen atoms in total. The molecule has 0 unspecified atom stereocenters. The smallest absolute Gasteiger partial charge is 0.227 e. The van der Waals surface area contributed by atoms with Crippen LogP contribution in [-0.2, 0) is 6.42 Å². The van der Waals surface area contributed by atoms with Crippen molar-refractivity contribution in [2.24, 2.45) is 0 Å². The van der Waals surface area contributed by atoms with E-state index in [9.17, 15) is 4.39 Å². The summed E-state index contributed by atoms with van der Waals surface area (Å²) < 4.78 is 19.7. The predicted molar refractivity (Wildman–Crippen MR) is 114 cm³/mol. The molecule has 1 saturated heterocycles. The van der Waals surface area contributed by atoms with Gasteiger partial charge in [0.25, 0.3) is 0 Å². The highest BCUT2D eigenvalue weighted by molar-refractivity contribution is 7.13. The number of aromatic nitrogens is 4. The van der Waals surface area contributed by atoms with Crippen LogP contribution in [0.5, 0.6) is 0 Å². The van der Waals surface area contributed by atoms with Gasteiger partial charge in [0, 0.05) is 32.6 Å². The summed E-state index contributed by atoms with van der Waals surface area (Å²) in [5.41, 5.74) is 0.643. The molecule has 9 heteroatoms. The highest BCUT2D eigenvalue weighted by atomic mass is 32.1. The molecule has 1 aromatic carbocycles. The topological polar surface area (TPSA) is 71.2 Å². The zero-order chi connectivity index (χ0) is 20.3. The van der Waals surface area contributed by atoms with E-state index < -0.39 is 0 Å². The fourth-order valence-corrected chi connectivity index (χ4v) is 4.44. The van der Waals surface area contributed by atoms with Crippen LogP contribution in [0.4, 0.5) is 10.2 Å². The molecule has 0 bridgehead atoms. The molecule has 4 heterocycles. The zero-order valence-electron chi connectivity index (χ0n) is 16.4. The lowest BCUT2D eigenvalue weighted by atomic mass is 10.2. The summed E-state index contributed by atoms with van der Waals surface area (Å²) in [5, 5.41) is 6.57. The van der Waals surface area contributed by atoms with E-state index in [0.29, 0.717) is 28.4 Å². The molecule has 30 heavy (non-hydrogen) atoms. The average molecular weight is 425 g/mol. The first-order valence-corrected chi connectivity index (χ1v) is 10.9. The minimum absolute atomic E-state index is 0.271. The molecule has 0 aliphatic carbocycles. The number of fused-ring (bicyclic) bond motifs is 1. The number of halogens is 1. The van der Waals surface area contributed by atoms with E-state index in [0.717, 1.165) is 50.4 Å². The molecule has 3 aromatic heterocycles. The Kier molecular flexibility index (Phi) is 5.37. The number of anilines is 1.